The predicted octanol–water partition coefficient (Wildman–Crippen LogP) is 5.62. The average molecular weight is 516 g/mol. The van der Waals surface area contributed by atoms with Crippen molar-refractivity contribution in [2.24, 2.45) is 18.2 Å². The summed E-state index contributed by atoms with van der Waals surface area (Å²) in [5, 5.41) is 10.1. The monoisotopic (exact) mass is 515 g/mol. The number of nitrogens with zero attached hydrogens (tertiary/aromatic N) is 4. The van der Waals surface area contributed by atoms with Crippen LogP contribution in [0.5, 0.6) is 5.75 Å². The van der Waals surface area contributed by atoms with Crippen LogP contribution >= 0.6 is 0 Å². The third-order valence-electron chi connectivity index (χ3n) is 7.78. The van der Waals surface area contributed by atoms with E-state index in [0.29, 0.717) is 22.4 Å². The van der Waals surface area contributed by atoms with Gasteiger partial charge in [-0.1, -0.05) is 19.9 Å². The number of likely N-dealkylation sites (tertiary alicyclic amines) is 1. The van der Waals surface area contributed by atoms with Crippen molar-refractivity contribution < 1.29 is 13.5 Å². The molecular formula is C30H31F2N5O. The van der Waals surface area contributed by atoms with Gasteiger partial charge in [0.05, 0.1) is 30.1 Å². The van der Waals surface area contributed by atoms with Crippen LogP contribution in [0.1, 0.15) is 31.5 Å². The standard InChI is InChI=1S/C30H31F2N5O/c1-30(2)17-37(10-9-27(30)34)16-21-13-22-25(36(21)3)15-35-29(19-7-8-26(38-4)24(32)12-19)28(22)18-5-6-20(14-33)23(31)11-18/h5-8,11-13,15,27H,9-10,16-17,34H2,1-4H3. The van der Waals surface area contributed by atoms with Crippen LogP contribution in [0.15, 0.2) is 48.7 Å². The zero-order valence-corrected chi connectivity index (χ0v) is 22.1. The lowest BCUT2D eigenvalue weighted by Crippen LogP contribution is -2.52. The predicted molar refractivity (Wildman–Crippen MR) is 144 cm³/mol. The molecule has 8 heteroatoms. The molecule has 1 fully saturated rings. The number of methoxy groups -OCH3 is 1. The zero-order valence-electron chi connectivity index (χ0n) is 22.1. The number of nitriles is 1. The largest absolute Gasteiger partial charge is 0.494 e. The van der Waals surface area contributed by atoms with E-state index < -0.39 is 11.6 Å². The van der Waals surface area contributed by atoms with Gasteiger partial charge in [-0.05, 0) is 53.8 Å². The Hall–Kier alpha value is -3.80. The number of benzene rings is 2. The second kappa shape index (κ2) is 9.82. The summed E-state index contributed by atoms with van der Waals surface area (Å²) < 4.78 is 36.7. The van der Waals surface area contributed by atoms with Crippen molar-refractivity contribution in [1.82, 2.24) is 14.5 Å². The molecule has 196 valence electrons. The minimum Gasteiger partial charge on any atom is -0.494 e. The Morgan fingerprint density at radius 3 is 2.53 bits per heavy atom. The summed E-state index contributed by atoms with van der Waals surface area (Å²) in [6.45, 7) is 6.93. The lowest BCUT2D eigenvalue weighted by Gasteiger charge is -2.42. The van der Waals surface area contributed by atoms with Crippen molar-refractivity contribution in [2.45, 2.75) is 32.9 Å². The van der Waals surface area contributed by atoms with Crippen LogP contribution in [0.2, 0.25) is 0 Å². The van der Waals surface area contributed by atoms with Crippen molar-refractivity contribution in [3.05, 3.63) is 71.6 Å². The number of aryl methyl sites for hydroxylation is 1. The minimum absolute atomic E-state index is 0.0151. The van der Waals surface area contributed by atoms with Crippen molar-refractivity contribution in [1.29, 1.82) is 5.26 Å². The summed E-state index contributed by atoms with van der Waals surface area (Å²) in [5.74, 6) is -0.993. The van der Waals surface area contributed by atoms with E-state index in [1.807, 2.05) is 13.1 Å². The van der Waals surface area contributed by atoms with Crippen LogP contribution in [0, 0.1) is 28.4 Å². The molecular weight excluding hydrogens is 484 g/mol. The topological polar surface area (TPSA) is 80.1 Å². The Balaban J connectivity index is 1.67. The molecule has 4 aromatic rings. The summed E-state index contributed by atoms with van der Waals surface area (Å²) >= 11 is 0. The molecule has 0 spiro atoms. The Labute approximate surface area is 221 Å². The summed E-state index contributed by atoms with van der Waals surface area (Å²) in [7, 11) is 3.41. The summed E-state index contributed by atoms with van der Waals surface area (Å²) in [6.07, 6.45) is 2.71. The van der Waals surface area contributed by atoms with Crippen molar-refractivity contribution in [3.63, 3.8) is 0 Å². The maximum atomic E-state index is 14.8. The minimum atomic E-state index is -0.614. The van der Waals surface area contributed by atoms with E-state index in [1.54, 1.807) is 24.4 Å². The third kappa shape index (κ3) is 4.53. The second-order valence-electron chi connectivity index (χ2n) is 10.7. The fourth-order valence-corrected chi connectivity index (χ4v) is 5.43. The van der Waals surface area contributed by atoms with Crippen molar-refractivity contribution in [3.8, 4) is 34.2 Å². The second-order valence-corrected chi connectivity index (χ2v) is 10.7. The van der Waals surface area contributed by atoms with E-state index in [1.165, 1.54) is 25.3 Å². The number of nitrogens with two attached hydrogens (primary N) is 1. The Morgan fingerprint density at radius 1 is 1.13 bits per heavy atom. The SMILES string of the molecule is COc1ccc(-c2ncc3c(cc(CN4CCC(N)C(C)(C)C4)n3C)c2-c2ccc(C#N)c(F)c2)cc1F. The quantitative estimate of drug-likeness (QED) is 0.373. The highest BCUT2D eigenvalue weighted by Gasteiger charge is 2.33. The molecule has 1 aliphatic heterocycles. The number of piperidine rings is 1. The molecule has 2 aromatic carbocycles. The summed E-state index contributed by atoms with van der Waals surface area (Å²) in [5.41, 5.74) is 10.6. The molecule has 1 aliphatic rings. The molecule has 5 rings (SSSR count). The smallest absolute Gasteiger partial charge is 0.165 e. The van der Waals surface area contributed by atoms with Crippen LogP contribution in [-0.4, -0.2) is 40.7 Å². The average Bonchev–Trinajstić information content (AvgIpc) is 3.20. The van der Waals surface area contributed by atoms with Crippen LogP contribution in [0.25, 0.3) is 33.3 Å². The van der Waals surface area contributed by atoms with Gasteiger partial charge >= 0.3 is 0 Å². The van der Waals surface area contributed by atoms with E-state index in [2.05, 4.69) is 29.4 Å². The first-order chi connectivity index (χ1) is 18.1. The fourth-order valence-electron chi connectivity index (χ4n) is 5.43. The number of rotatable bonds is 5. The van der Waals surface area contributed by atoms with Gasteiger partial charge in [-0.3, -0.25) is 9.88 Å². The maximum Gasteiger partial charge on any atom is 0.165 e. The highest BCUT2D eigenvalue weighted by molar-refractivity contribution is 6.02. The number of aromatic nitrogens is 2. The van der Waals surface area contributed by atoms with E-state index in [-0.39, 0.29) is 22.8 Å². The first-order valence-corrected chi connectivity index (χ1v) is 12.6. The molecule has 1 saturated heterocycles. The van der Waals surface area contributed by atoms with Gasteiger partial charge in [0, 0.05) is 54.9 Å². The Kier molecular flexibility index (Phi) is 6.68. The molecule has 0 radical (unpaired) electrons. The van der Waals surface area contributed by atoms with Gasteiger partial charge < -0.3 is 15.0 Å². The third-order valence-corrected chi connectivity index (χ3v) is 7.78. The van der Waals surface area contributed by atoms with Crippen LogP contribution in [0.3, 0.4) is 0 Å². The Morgan fingerprint density at radius 2 is 1.87 bits per heavy atom. The molecule has 0 amide bonds. The molecule has 2 aromatic heterocycles. The zero-order chi connectivity index (χ0) is 27.2. The molecule has 1 unspecified atom stereocenters. The fraction of sp³-hybridized carbons (Fsp3) is 0.333. The highest BCUT2D eigenvalue weighted by atomic mass is 19.1. The number of ether oxygens (including phenoxy) is 1. The lowest BCUT2D eigenvalue weighted by molar-refractivity contribution is 0.0883. The maximum absolute atomic E-state index is 14.8. The molecule has 0 saturated carbocycles. The number of pyridine rings is 1. The van der Waals surface area contributed by atoms with Crippen molar-refractivity contribution >= 4 is 10.9 Å². The van der Waals surface area contributed by atoms with E-state index in [4.69, 9.17) is 15.5 Å². The molecule has 3 heterocycles. The van der Waals surface area contributed by atoms with Gasteiger partial charge in [0.15, 0.2) is 11.6 Å². The molecule has 0 aliphatic carbocycles. The summed E-state index contributed by atoms with van der Waals surface area (Å²) in [6, 6.07) is 13.3. The highest BCUT2D eigenvalue weighted by Crippen LogP contribution is 2.39. The number of hydrogen-bond donors (Lipinski definition) is 1. The normalized spacial score (nSPS) is 17.5. The van der Waals surface area contributed by atoms with E-state index in [9.17, 15) is 14.0 Å². The van der Waals surface area contributed by atoms with Gasteiger partial charge in [0.1, 0.15) is 11.9 Å². The van der Waals surface area contributed by atoms with Gasteiger partial charge in [-0.2, -0.15) is 5.26 Å². The van der Waals surface area contributed by atoms with Gasteiger partial charge in [-0.25, -0.2) is 8.78 Å². The first-order valence-electron chi connectivity index (χ1n) is 12.6. The molecule has 6 nitrogen and oxygen atoms in total. The van der Waals surface area contributed by atoms with E-state index in [0.717, 1.165) is 42.7 Å². The molecule has 1 atom stereocenters. The van der Waals surface area contributed by atoms with E-state index >= 15 is 0 Å². The van der Waals surface area contributed by atoms with Gasteiger partial charge in [-0.15, -0.1) is 0 Å². The first kappa shape index (κ1) is 25.8. The van der Waals surface area contributed by atoms with Crippen LogP contribution < -0.4 is 10.5 Å². The number of hydrogen-bond acceptors (Lipinski definition) is 5. The van der Waals surface area contributed by atoms with Crippen LogP contribution in [0.4, 0.5) is 8.78 Å². The summed E-state index contributed by atoms with van der Waals surface area (Å²) in [4.78, 5) is 7.14. The van der Waals surface area contributed by atoms with Gasteiger partial charge in [0.2, 0.25) is 0 Å². The van der Waals surface area contributed by atoms with Crippen molar-refractivity contribution in [2.75, 3.05) is 20.2 Å². The lowest BCUT2D eigenvalue weighted by atomic mass is 9.79. The van der Waals surface area contributed by atoms with Gasteiger partial charge in [0.25, 0.3) is 0 Å². The molecule has 2 N–H and O–H groups in total. The molecule has 38 heavy (non-hydrogen) atoms. The molecule has 0 bridgehead atoms. The van der Waals surface area contributed by atoms with Crippen LogP contribution in [-0.2, 0) is 13.6 Å². The number of fused-ring (bicyclic) bond motifs is 1. The Bertz CT molecular complexity index is 1570. The number of halogens is 2.